The smallest absolute Gasteiger partial charge is 0.265 e. The predicted molar refractivity (Wildman–Crippen MR) is 76.2 cm³/mol. The van der Waals surface area contributed by atoms with Gasteiger partial charge in [0.05, 0.1) is 19.4 Å². The van der Waals surface area contributed by atoms with E-state index in [0.29, 0.717) is 11.3 Å². The Morgan fingerprint density at radius 3 is 2.45 bits per heavy atom. The first kappa shape index (κ1) is 14.4. The van der Waals surface area contributed by atoms with Crippen molar-refractivity contribution in [2.45, 2.75) is 11.5 Å². The molecule has 2 N–H and O–H groups in total. The summed E-state index contributed by atoms with van der Waals surface area (Å²) in [6.45, 7) is -0.245. The van der Waals surface area contributed by atoms with E-state index in [1.807, 2.05) is 0 Å². The lowest BCUT2D eigenvalue weighted by Crippen LogP contribution is -2.15. The maximum Gasteiger partial charge on any atom is 0.265 e. The molecule has 0 amide bonds. The van der Waals surface area contributed by atoms with Crippen molar-refractivity contribution in [2.24, 2.45) is 0 Å². The fourth-order valence-electron chi connectivity index (χ4n) is 1.80. The maximum atomic E-state index is 12.4. The van der Waals surface area contributed by atoms with E-state index in [1.165, 1.54) is 13.2 Å². The number of methoxy groups -OCH3 is 1. The van der Waals surface area contributed by atoms with Gasteiger partial charge >= 0.3 is 0 Å². The molecule has 0 aliphatic heterocycles. The first-order valence-corrected chi connectivity index (χ1v) is 7.41. The highest BCUT2D eigenvalue weighted by atomic mass is 32.2. The predicted octanol–water partition coefficient (Wildman–Crippen LogP) is 1.99. The zero-order chi connectivity index (χ0) is 14.6. The van der Waals surface area contributed by atoms with Crippen LogP contribution in [0.25, 0.3) is 0 Å². The van der Waals surface area contributed by atoms with Gasteiger partial charge in [0.15, 0.2) is 0 Å². The molecule has 0 atom stereocenters. The fourth-order valence-corrected chi connectivity index (χ4v) is 3.07. The number of hydrogen-bond acceptors (Lipinski definition) is 4. The summed E-state index contributed by atoms with van der Waals surface area (Å²) in [7, 11) is -2.36. The molecule has 0 spiro atoms. The number of anilines is 1. The lowest BCUT2D eigenvalue weighted by Gasteiger charge is -2.13. The van der Waals surface area contributed by atoms with Crippen LogP contribution in [0.3, 0.4) is 0 Å². The van der Waals surface area contributed by atoms with Gasteiger partial charge < -0.3 is 9.84 Å². The highest BCUT2D eigenvalue weighted by Gasteiger charge is 2.19. The van der Waals surface area contributed by atoms with Gasteiger partial charge in [0.25, 0.3) is 10.0 Å². The van der Waals surface area contributed by atoms with Crippen LogP contribution in [0.4, 0.5) is 5.69 Å². The molecule has 106 valence electrons. The van der Waals surface area contributed by atoms with Gasteiger partial charge in [-0.2, -0.15) is 0 Å². The molecule has 0 fully saturated rings. The van der Waals surface area contributed by atoms with E-state index in [2.05, 4.69) is 4.72 Å². The molecule has 0 unspecified atom stereocenters. The van der Waals surface area contributed by atoms with Crippen LogP contribution in [0.15, 0.2) is 53.4 Å². The van der Waals surface area contributed by atoms with Crippen molar-refractivity contribution in [2.75, 3.05) is 11.8 Å². The molecular formula is C14H15NO4S. The van der Waals surface area contributed by atoms with Crippen LogP contribution in [-0.2, 0) is 16.6 Å². The van der Waals surface area contributed by atoms with Crippen molar-refractivity contribution in [1.82, 2.24) is 0 Å². The minimum atomic E-state index is -3.77. The zero-order valence-electron chi connectivity index (χ0n) is 10.9. The van der Waals surface area contributed by atoms with Gasteiger partial charge in [0, 0.05) is 5.56 Å². The summed E-state index contributed by atoms with van der Waals surface area (Å²) in [6, 6.07) is 13.0. The average Bonchev–Trinajstić information content (AvgIpc) is 2.47. The third-order valence-corrected chi connectivity index (χ3v) is 4.20. The van der Waals surface area contributed by atoms with Crippen molar-refractivity contribution in [3.05, 3.63) is 54.1 Å². The third kappa shape index (κ3) is 2.92. The highest BCUT2D eigenvalue weighted by Crippen LogP contribution is 2.26. The summed E-state index contributed by atoms with van der Waals surface area (Å²) in [4.78, 5) is 0.0512. The Balaban J connectivity index is 2.41. The van der Waals surface area contributed by atoms with E-state index in [9.17, 15) is 13.5 Å². The third-order valence-electron chi connectivity index (χ3n) is 2.79. The van der Waals surface area contributed by atoms with Crippen molar-refractivity contribution >= 4 is 15.7 Å². The monoisotopic (exact) mass is 293 g/mol. The normalized spacial score (nSPS) is 11.1. The summed E-state index contributed by atoms with van der Waals surface area (Å²) in [5.41, 5.74) is 0.854. The van der Waals surface area contributed by atoms with E-state index >= 15 is 0 Å². The zero-order valence-corrected chi connectivity index (χ0v) is 11.7. The first-order valence-electron chi connectivity index (χ1n) is 5.93. The summed E-state index contributed by atoms with van der Waals surface area (Å²) >= 11 is 0. The number of ether oxygens (including phenoxy) is 1. The Morgan fingerprint density at radius 1 is 1.10 bits per heavy atom. The van der Waals surface area contributed by atoms with Crippen molar-refractivity contribution in [3.8, 4) is 5.75 Å². The lowest BCUT2D eigenvalue weighted by atomic mass is 10.2. The van der Waals surface area contributed by atoms with E-state index in [1.54, 1.807) is 42.5 Å². The second kappa shape index (κ2) is 5.94. The molecule has 0 aliphatic carbocycles. The van der Waals surface area contributed by atoms with Crippen molar-refractivity contribution in [1.29, 1.82) is 0 Å². The number of sulfonamides is 1. The summed E-state index contributed by atoms with van der Waals surface area (Å²) < 4.78 is 32.3. The SMILES string of the molecule is COc1ccccc1S(=O)(=O)Nc1ccccc1CO. The molecule has 2 rings (SSSR count). The van der Waals surface area contributed by atoms with Gasteiger partial charge in [-0.1, -0.05) is 30.3 Å². The summed E-state index contributed by atoms with van der Waals surface area (Å²) in [6.07, 6.45) is 0. The molecule has 2 aromatic carbocycles. The minimum absolute atomic E-state index is 0.0512. The number of benzene rings is 2. The van der Waals surface area contributed by atoms with Gasteiger partial charge in [0.1, 0.15) is 10.6 Å². The molecule has 0 saturated carbocycles. The van der Waals surface area contributed by atoms with Crippen LogP contribution in [0.2, 0.25) is 0 Å². The molecule has 6 heteroatoms. The van der Waals surface area contributed by atoms with E-state index < -0.39 is 10.0 Å². The van der Waals surface area contributed by atoms with E-state index in [-0.39, 0.29) is 17.3 Å². The Hall–Kier alpha value is -2.05. The van der Waals surface area contributed by atoms with Gasteiger partial charge in [0.2, 0.25) is 0 Å². The van der Waals surface area contributed by atoms with Crippen LogP contribution in [-0.4, -0.2) is 20.6 Å². The Bertz CT molecular complexity index is 698. The maximum absolute atomic E-state index is 12.4. The molecule has 5 nitrogen and oxygen atoms in total. The quantitative estimate of drug-likeness (QED) is 0.884. The molecule has 0 saturated heterocycles. The lowest BCUT2D eigenvalue weighted by molar-refractivity contribution is 0.282. The Morgan fingerprint density at radius 2 is 1.75 bits per heavy atom. The fraction of sp³-hybridized carbons (Fsp3) is 0.143. The number of hydrogen-bond donors (Lipinski definition) is 2. The Labute approximate surface area is 117 Å². The summed E-state index contributed by atoms with van der Waals surface area (Å²) in [5.74, 6) is 0.265. The second-order valence-corrected chi connectivity index (χ2v) is 5.72. The molecule has 20 heavy (non-hydrogen) atoms. The van der Waals surface area contributed by atoms with E-state index in [4.69, 9.17) is 4.74 Å². The molecule has 0 bridgehead atoms. The van der Waals surface area contributed by atoms with Gasteiger partial charge in [-0.25, -0.2) is 8.42 Å². The number of aliphatic hydroxyl groups is 1. The number of nitrogens with one attached hydrogen (secondary N) is 1. The average molecular weight is 293 g/mol. The standard InChI is InChI=1S/C14H15NO4S/c1-19-13-8-4-5-9-14(13)20(17,18)15-12-7-3-2-6-11(12)10-16/h2-9,15-16H,10H2,1H3. The van der Waals surface area contributed by atoms with Gasteiger partial charge in [-0.3, -0.25) is 4.72 Å². The van der Waals surface area contributed by atoms with Crippen molar-refractivity contribution in [3.63, 3.8) is 0 Å². The minimum Gasteiger partial charge on any atom is -0.495 e. The van der Waals surface area contributed by atoms with Crippen LogP contribution in [0, 0.1) is 0 Å². The number of rotatable bonds is 5. The first-order chi connectivity index (χ1) is 9.58. The molecular weight excluding hydrogens is 278 g/mol. The van der Waals surface area contributed by atoms with Crippen LogP contribution in [0.1, 0.15) is 5.56 Å². The Kier molecular flexibility index (Phi) is 4.26. The van der Waals surface area contributed by atoms with Crippen LogP contribution >= 0.6 is 0 Å². The number of aliphatic hydroxyl groups excluding tert-OH is 1. The number of para-hydroxylation sites is 2. The molecule has 0 heterocycles. The van der Waals surface area contributed by atoms with Gasteiger partial charge in [-0.05, 0) is 18.2 Å². The van der Waals surface area contributed by atoms with Gasteiger partial charge in [-0.15, -0.1) is 0 Å². The largest absolute Gasteiger partial charge is 0.495 e. The molecule has 0 aromatic heterocycles. The van der Waals surface area contributed by atoms with Crippen LogP contribution < -0.4 is 9.46 Å². The molecule has 2 aromatic rings. The van der Waals surface area contributed by atoms with E-state index in [0.717, 1.165) is 0 Å². The van der Waals surface area contributed by atoms with Crippen molar-refractivity contribution < 1.29 is 18.3 Å². The second-order valence-electron chi connectivity index (χ2n) is 4.07. The molecule has 0 aliphatic rings. The topological polar surface area (TPSA) is 75.6 Å². The van der Waals surface area contributed by atoms with Crippen LogP contribution in [0.5, 0.6) is 5.75 Å². The summed E-state index contributed by atoms with van der Waals surface area (Å²) in [5, 5.41) is 9.23. The molecule has 0 radical (unpaired) electrons. The highest BCUT2D eigenvalue weighted by molar-refractivity contribution is 7.92.